The minimum atomic E-state index is -4.91. The zero-order chi connectivity index (χ0) is 26.7. The molecule has 0 amide bonds. The summed E-state index contributed by atoms with van der Waals surface area (Å²) in [6, 6.07) is -0.708. The number of H-pyrrole nitrogens is 1. The molecule has 1 aliphatic rings. The fourth-order valence-electron chi connectivity index (χ4n) is 3.35. The number of alkyl halides is 6. The highest BCUT2D eigenvalue weighted by Gasteiger charge is 2.38. The van der Waals surface area contributed by atoms with E-state index in [4.69, 9.17) is 4.74 Å². The topological polar surface area (TPSA) is 121 Å². The molecule has 10 nitrogen and oxygen atoms in total. The van der Waals surface area contributed by atoms with E-state index < -0.39 is 55.9 Å². The molecular formula is C18H22F6N6O4S2. The van der Waals surface area contributed by atoms with Crippen molar-refractivity contribution in [3.63, 3.8) is 0 Å². The maximum atomic E-state index is 13.1. The summed E-state index contributed by atoms with van der Waals surface area (Å²) in [5, 5.41) is 7.71. The lowest BCUT2D eigenvalue weighted by Crippen LogP contribution is -2.49. The summed E-state index contributed by atoms with van der Waals surface area (Å²) in [5.74, 6) is -0.393. The van der Waals surface area contributed by atoms with Gasteiger partial charge < -0.3 is 15.0 Å². The summed E-state index contributed by atoms with van der Waals surface area (Å²) < 4.78 is 109. The number of nitrogens with zero attached hydrogens (tertiary/aromatic N) is 4. The number of anilines is 2. The molecule has 0 spiro atoms. The van der Waals surface area contributed by atoms with Crippen LogP contribution in [0.5, 0.6) is 0 Å². The lowest BCUT2D eigenvalue weighted by atomic mass is 10.2. The molecule has 18 heteroatoms. The highest BCUT2D eigenvalue weighted by atomic mass is 32.2. The number of nitrogens with one attached hydrogen (secondary N) is 2. The molecule has 3 rings (SSSR count). The number of thiazole rings is 1. The van der Waals surface area contributed by atoms with E-state index in [0.29, 0.717) is 11.3 Å². The highest BCUT2D eigenvalue weighted by Crippen LogP contribution is 2.36. The van der Waals surface area contributed by atoms with E-state index in [2.05, 4.69) is 15.4 Å². The smallest absolute Gasteiger partial charge is 0.378 e. The molecule has 3 heterocycles. The van der Waals surface area contributed by atoms with Crippen molar-refractivity contribution in [2.45, 2.75) is 25.3 Å². The van der Waals surface area contributed by atoms with Gasteiger partial charge in [-0.3, -0.25) is 4.79 Å². The van der Waals surface area contributed by atoms with Gasteiger partial charge in [0.2, 0.25) is 10.0 Å². The van der Waals surface area contributed by atoms with Crippen LogP contribution in [0.4, 0.5) is 37.2 Å². The van der Waals surface area contributed by atoms with E-state index in [9.17, 15) is 39.6 Å². The van der Waals surface area contributed by atoms with Gasteiger partial charge in [-0.25, -0.2) is 18.5 Å². The number of aromatic amines is 1. The lowest BCUT2D eigenvalue weighted by molar-refractivity contribution is -0.138. The standard InChI is InChI=1S/C18H22F6N6O4S2/c1-11(27-12-8-26-28-15(31)14(12)18(22,23)24)10-34-6-7-36(32,33)30-4-2-29(3-5-30)16-25-9-13(35-16)17(19,20)21/h8-9,11H,2-7,10H2,1H3,(H2,27,28,31). The number of halogens is 6. The lowest BCUT2D eigenvalue weighted by Gasteiger charge is -2.33. The van der Waals surface area contributed by atoms with Crippen LogP contribution in [0.25, 0.3) is 0 Å². The number of hydrogen-bond acceptors (Lipinski definition) is 9. The zero-order valence-corrected chi connectivity index (χ0v) is 20.3. The number of rotatable bonds is 9. The van der Waals surface area contributed by atoms with Gasteiger partial charge in [0.15, 0.2) is 5.13 Å². The Labute approximate surface area is 205 Å². The molecule has 2 N–H and O–H groups in total. The van der Waals surface area contributed by atoms with Crippen molar-refractivity contribution in [1.29, 1.82) is 0 Å². The summed E-state index contributed by atoms with van der Waals surface area (Å²) in [5.41, 5.74) is -3.36. The van der Waals surface area contributed by atoms with Crippen LogP contribution in [0, 0.1) is 0 Å². The molecule has 0 bridgehead atoms. The van der Waals surface area contributed by atoms with E-state index in [1.165, 1.54) is 11.2 Å². The number of hydrogen-bond donors (Lipinski definition) is 2. The Kier molecular flexibility index (Phi) is 8.51. The third-order valence-electron chi connectivity index (χ3n) is 5.07. The van der Waals surface area contributed by atoms with Gasteiger partial charge in [0, 0.05) is 32.2 Å². The van der Waals surface area contributed by atoms with E-state index in [0.717, 1.165) is 12.4 Å². The molecule has 0 radical (unpaired) electrons. The quantitative estimate of drug-likeness (QED) is 0.352. The Balaban J connectivity index is 1.45. The van der Waals surface area contributed by atoms with Crippen LogP contribution in [0.3, 0.4) is 0 Å². The Bertz CT molecular complexity index is 1190. The number of sulfonamides is 1. The fraction of sp³-hybridized carbons (Fsp3) is 0.611. The first-order chi connectivity index (χ1) is 16.7. The van der Waals surface area contributed by atoms with Crippen LogP contribution < -0.4 is 15.8 Å². The molecule has 1 saturated heterocycles. The maximum absolute atomic E-state index is 13.1. The minimum absolute atomic E-state index is 0.0526. The summed E-state index contributed by atoms with van der Waals surface area (Å²) in [6.07, 6.45) is -7.84. The Hall–Kier alpha value is -2.44. The normalized spacial score (nSPS) is 16.8. The molecule has 0 aliphatic carbocycles. The highest BCUT2D eigenvalue weighted by molar-refractivity contribution is 7.89. The molecule has 202 valence electrons. The number of aromatic nitrogens is 3. The molecule has 0 saturated carbocycles. The van der Waals surface area contributed by atoms with E-state index in [-0.39, 0.29) is 44.5 Å². The summed E-state index contributed by atoms with van der Waals surface area (Å²) in [4.78, 5) is 16.0. The van der Waals surface area contributed by atoms with Crippen molar-refractivity contribution in [1.82, 2.24) is 19.5 Å². The molecule has 0 aromatic carbocycles. The first-order valence-corrected chi connectivity index (χ1v) is 12.9. The first-order valence-electron chi connectivity index (χ1n) is 10.4. The predicted octanol–water partition coefficient (Wildman–Crippen LogP) is 2.23. The van der Waals surface area contributed by atoms with Gasteiger partial charge in [0.1, 0.15) is 10.4 Å². The summed E-state index contributed by atoms with van der Waals surface area (Å²) in [6.45, 7) is 1.52. The number of ether oxygens (including phenoxy) is 1. The average molecular weight is 565 g/mol. The second-order valence-corrected chi connectivity index (χ2v) is 10.9. The molecule has 1 unspecified atom stereocenters. The van der Waals surface area contributed by atoms with Crippen molar-refractivity contribution < 1.29 is 39.5 Å². The van der Waals surface area contributed by atoms with Crippen molar-refractivity contribution in [2.75, 3.05) is 55.4 Å². The third kappa shape index (κ3) is 7.07. The Morgan fingerprint density at radius 1 is 1.14 bits per heavy atom. The van der Waals surface area contributed by atoms with Gasteiger partial charge in [0.25, 0.3) is 5.56 Å². The fourth-order valence-corrected chi connectivity index (χ4v) is 5.49. The van der Waals surface area contributed by atoms with Gasteiger partial charge in [0.05, 0.1) is 37.0 Å². The van der Waals surface area contributed by atoms with Crippen LogP contribution in [-0.4, -0.2) is 79.1 Å². The molecule has 2 aromatic heterocycles. The largest absolute Gasteiger partial charge is 0.427 e. The number of piperazine rings is 1. The van der Waals surface area contributed by atoms with Gasteiger partial charge in [-0.05, 0) is 6.92 Å². The van der Waals surface area contributed by atoms with Gasteiger partial charge in [-0.15, -0.1) is 0 Å². The molecular weight excluding hydrogens is 542 g/mol. The first kappa shape index (κ1) is 28.1. The van der Waals surface area contributed by atoms with Crippen molar-refractivity contribution in [3.05, 3.63) is 33.2 Å². The van der Waals surface area contributed by atoms with Crippen LogP contribution in [-0.2, 0) is 27.1 Å². The van der Waals surface area contributed by atoms with Crippen LogP contribution in [0.15, 0.2) is 17.2 Å². The minimum Gasteiger partial charge on any atom is -0.378 e. The third-order valence-corrected chi connectivity index (χ3v) is 8.01. The second kappa shape index (κ2) is 10.9. The Morgan fingerprint density at radius 3 is 2.39 bits per heavy atom. The van der Waals surface area contributed by atoms with Crippen molar-refractivity contribution in [2.24, 2.45) is 0 Å². The molecule has 36 heavy (non-hydrogen) atoms. The van der Waals surface area contributed by atoms with E-state index >= 15 is 0 Å². The monoisotopic (exact) mass is 564 g/mol. The second-order valence-electron chi connectivity index (χ2n) is 7.81. The van der Waals surface area contributed by atoms with Crippen LogP contribution >= 0.6 is 11.3 Å². The predicted molar refractivity (Wildman–Crippen MR) is 118 cm³/mol. The van der Waals surface area contributed by atoms with Gasteiger partial charge in [-0.1, -0.05) is 11.3 Å². The van der Waals surface area contributed by atoms with Crippen LogP contribution in [0.2, 0.25) is 0 Å². The van der Waals surface area contributed by atoms with E-state index in [1.807, 2.05) is 0 Å². The molecule has 2 aromatic rings. The SMILES string of the molecule is CC(COCCS(=O)(=O)N1CCN(c2ncc(C(F)(F)F)s2)CC1)Nc1cn[nH]c(=O)c1C(F)(F)F. The summed E-state index contributed by atoms with van der Waals surface area (Å²) in [7, 11) is -3.74. The van der Waals surface area contributed by atoms with Crippen molar-refractivity contribution >= 4 is 32.2 Å². The van der Waals surface area contributed by atoms with Gasteiger partial charge in [-0.2, -0.15) is 35.7 Å². The Morgan fingerprint density at radius 2 is 1.81 bits per heavy atom. The zero-order valence-electron chi connectivity index (χ0n) is 18.7. The van der Waals surface area contributed by atoms with Crippen molar-refractivity contribution in [3.8, 4) is 0 Å². The molecule has 1 aliphatic heterocycles. The maximum Gasteiger partial charge on any atom is 0.427 e. The van der Waals surface area contributed by atoms with E-state index in [1.54, 1.807) is 10.00 Å². The molecule has 1 fully saturated rings. The average Bonchev–Trinajstić information content (AvgIpc) is 3.27. The van der Waals surface area contributed by atoms with Gasteiger partial charge >= 0.3 is 12.4 Å². The molecule has 1 atom stereocenters. The van der Waals surface area contributed by atoms with Crippen LogP contribution in [0.1, 0.15) is 17.4 Å². The summed E-state index contributed by atoms with van der Waals surface area (Å²) >= 11 is 0.488.